The molecule has 2 atom stereocenters. The lowest BCUT2D eigenvalue weighted by atomic mass is 9.95. The summed E-state index contributed by atoms with van der Waals surface area (Å²) in [6, 6.07) is 14.7. The van der Waals surface area contributed by atoms with Crippen molar-refractivity contribution in [1.82, 2.24) is 14.5 Å². The Morgan fingerprint density at radius 3 is 2.50 bits per heavy atom. The lowest BCUT2D eigenvalue weighted by Crippen LogP contribution is -2.41. The molecule has 4 rings (SSSR count). The van der Waals surface area contributed by atoms with Crippen LogP contribution in [0.2, 0.25) is 0 Å². The minimum absolute atomic E-state index is 0.0654. The van der Waals surface area contributed by atoms with Crippen molar-refractivity contribution < 1.29 is 18.0 Å². The first-order valence-corrected chi connectivity index (χ1v) is 12.9. The van der Waals surface area contributed by atoms with E-state index in [9.17, 15) is 18.0 Å². The quantitative estimate of drug-likeness (QED) is 0.263. The van der Waals surface area contributed by atoms with E-state index in [0.29, 0.717) is 37.8 Å². The number of halogens is 3. The molecule has 5 nitrogen and oxygen atoms in total. The van der Waals surface area contributed by atoms with Gasteiger partial charge in [-0.3, -0.25) is 4.79 Å². The summed E-state index contributed by atoms with van der Waals surface area (Å²) in [5.41, 5.74) is 8.99. The maximum atomic E-state index is 14.8. The van der Waals surface area contributed by atoms with Crippen LogP contribution in [0.1, 0.15) is 60.0 Å². The molecule has 1 aromatic heterocycles. The summed E-state index contributed by atoms with van der Waals surface area (Å²) in [4.78, 5) is 20.4. The van der Waals surface area contributed by atoms with Gasteiger partial charge in [0.2, 0.25) is 0 Å². The lowest BCUT2D eigenvalue weighted by molar-refractivity contribution is 0.0585. The number of fused-ring (bicyclic) bond motifs is 1. The number of carbonyl (C=O) groups is 1. The number of nitrogens with zero attached hydrogens (tertiary/aromatic N) is 3. The predicted octanol–water partition coefficient (Wildman–Crippen LogP) is 6.39. The average molecular weight is 523 g/mol. The van der Waals surface area contributed by atoms with Crippen LogP contribution in [0, 0.1) is 30.3 Å². The Hall–Kier alpha value is -3.65. The number of aryl methyl sites for hydroxylation is 1. The van der Waals surface area contributed by atoms with Crippen molar-refractivity contribution in [3.63, 3.8) is 0 Å². The van der Waals surface area contributed by atoms with E-state index < -0.39 is 23.6 Å². The largest absolute Gasteiger partial charge is 0.330 e. The van der Waals surface area contributed by atoms with Crippen LogP contribution in [0.5, 0.6) is 0 Å². The molecule has 0 aliphatic heterocycles. The summed E-state index contributed by atoms with van der Waals surface area (Å²) < 4.78 is 44.5. The molecule has 200 valence electrons. The lowest BCUT2D eigenvalue weighted by Gasteiger charge is -2.35. The zero-order chi connectivity index (χ0) is 27.4. The van der Waals surface area contributed by atoms with Gasteiger partial charge in [0.1, 0.15) is 23.3 Å². The second kappa shape index (κ2) is 11.8. The summed E-state index contributed by atoms with van der Waals surface area (Å²) in [5.74, 6) is -2.00. The third kappa shape index (κ3) is 5.75. The Kier molecular flexibility index (Phi) is 8.52. The van der Waals surface area contributed by atoms with E-state index in [4.69, 9.17) is 10.7 Å². The molecular formula is C30H33F3N4O. The summed E-state index contributed by atoms with van der Waals surface area (Å²) in [7, 11) is 0. The molecule has 3 aromatic carbocycles. The standard InChI is InChI=1S/C30H33F3N4O/c1-4-20(3)28(36(14-6-13-34)30(38)24-11-10-23(32)17-25(24)33)29-35-26-15-19(2)9-12-27(26)37(29)18-21-7-5-8-22(31)16-21/h5,7-12,15-17,20,28H,4,6,13-14,18,34H2,1-3H3. The van der Waals surface area contributed by atoms with E-state index in [-0.39, 0.29) is 23.8 Å². The number of carbonyl (C=O) groups excluding carboxylic acids is 1. The first-order chi connectivity index (χ1) is 18.2. The molecule has 0 spiro atoms. The number of benzene rings is 3. The molecule has 1 heterocycles. The highest BCUT2D eigenvalue weighted by molar-refractivity contribution is 5.95. The van der Waals surface area contributed by atoms with Gasteiger partial charge in [0, 0.05) is 19.2 Å². The van der Waals surface area contributed by atoms with Gasteiger partial charge in [-0.1, -0.05) is 38.5 Å². The van der Waals surface area contributed by atoms with E-state index in [2.05, 4.69) is 0 Å². The molecule has 4 aromatic rings. The first-order valence-electron chi connectivity index (χ1n) is 12.9. The fourth-order valence-electron chi connectivity index (χ4n) is 4.84. The first kappa shape index (κ1) is 27.4. The molecule has 0 saturated carbocycles. The van der Waals surface area contributed by atoms with Crippen molar-refractivity contribution in [2.45, 2.75) is 46.2 Å². The second-order valence-electron chi connectivity index (χ2n) is 9.77. The molecule has 0 radical (unpaired) electrons. The van der Waals surface area contributed by atoms with Crippen molar-refractivity contribution in [1.29, 1.82) is 0 Å². The molecular weight excluding hydrogens is 489 g/mol. The van der Waals surface area contributed by atoms with Gasteiger partial charge in [-0.05, 0) is 73.3 Å². The Morgan fingerprint density at radius 2 is 1.82 bits per heavy atom. The van der Waals surface area contributed by atoms with Gasteiger partial charge < -0.3 is 15.2 Å². The molecule has 0 fully saturated rings. The number of hydrogen-bond donors (Lipinski definition) is 1. The van der Waals surface area contributed by atoms with Crippen LogP contribution in [0.4, 0.5) is 13.2 Å². The van der Waals surface area contributed by atoms with Crippen LogP contribution >= 0.6 is 0 Å². The van der Waals surface area contributed by atoms with Crippen LogP contribution in [-0.2, 0) is 6.54 Å². The molecule has 8 heteroatoms. The number of hydrogen-bond acceptors (Lipinski definition) is 3. The van der Waals surface area contributed by atoms with Gasteiger partial charge in [-0.2, -0.15) is 0 Å². The summed E-state index contributed by atoms with van der Waals surface area (Å²) in [6.45, 7) is 6.96. The number of imidazole rings is 1. The molecule has 1 amide bonds. The van der Waals surface area contributed by atoms with Crippen LogP contribution in [0.3, 0.4) is 0 Å². The number of amides is 1. The minimum Gasteiger partial charge on any atom is -0.330 e. The molecule has 0 saturated heterocycles. The summed E-state index contributed by atoms with van der Waals surface area (Å²) in [6.07, 6.45) is 1.20. The molecule has 38 heavy (non-hydrogen) atoms. The zero-order valence-electron chi connectivity index (χ0n) is 21.9. The maximum absolute atomic E-state index is 14.8. The van der Waals surface area contributed by atoms with E-state index in [1.165, 1.54) is 18.2 Å². The molecule has 0 bridgehead atoms. The summed E-state index contributed by atoms with van der Waals surface area (Å²) >= 11 is 0. The Balaban J connectivity index is 1.91. The van der Waals surface area contributed by atoms with Crippen LogP contribution in [0.15, 0.2) is 60.7 Å². The van der Waals surface area contributed by atoms with Gasteiger partial charge in [0.25, 0.3) is 5.91 Å². The Bertz CT molecular complexity index is 1430. The fraction of sp³-hybridized carbons (Fsp3) is 0.333. The SMILES string of the molecule is CCC(C)C(c1nc2cc(C)ccc2n1Cc1cccc(F)c1)N(CCCN)C(=O)c1ccc(F)cc1F. The fourth-order valence-corrected chi connectivity index (χ4v) is 4.84. The maximum Gasteiger partial charge on any atom is 0.257 e. The normalized spacial score (nSPS) is 13.0. The van der Waals surface area contributed by atoms with Crippen molar-refractivity contribution in [2.24, 2.45) is 11.7 Å². The Morgan fingerprint density at radius 1 is 1.05 bits per heavy atom. The van der Waals surface area contributed by atoms with E-state index in [1.54, 1.807) is 11.0 Å². The van der Waals surface area contributed by atoms with Crippen molar-refractivity contribution in [3.05, 3.63) is 101 Å². The average Bonchev–Trinajstić information content (AvgIpc) is 3.22. The highest BCUT2D eigenvalue weighted by atomic mass is 19.1. The van der Waals surface area contributed by atoms with Gasteiger partial charge in [0.15, 0.2) is 0 Å². The third-order valence-corrected chi connectivity index (χ3v) is 6.97. The van der Waals surface area contributed by atoms with Crippen LogP contribution in [-0.4, -0.2) is 33.4 Å². The smallest absolute Gasteiger partial charge is 0.257 e. The Labute approximate surface area is 221 Å². The topological polar surface area (TPSA) is 64.2 Å². The zero-order valence-corrected chi connectivity index (χ0v) is 21.9. The van der Waals surface area contributed by atoms with E-state index >= 15 is 0 Å². The second-order valence-corrected chi connectivity index (χ2v) is 9.77. The highest BCUT2D eigenvalue weighted by Crippen LogP contribution is 2.35. The number of rotatable bonds is 10. The predicted molar refractivity (Wildman–Crippen MR) is 143 cm³/mol. The van der Waals surface area contributed by atoms with Crippen molar-refractivity contribution >= 4 is 16.9 Å². The van der Waals surface area contributed by atoms with Crippen LogP contribution in [0.25, 0.3) is 11.0 Å². The molecule has 0 aliphatic carbocycles. The molecule has 2 N–H and O–H groups in total. The van der Waals surface area contributed by atoms with Gasteiger partial charge >= 0.3 is 0 Å². The minimum atomic E-state index is -0.917. The number of aromatic nitrogens is 2. The van der Waals surface area contributed by atoms with Crippen LogP contribution < -0.4 is 5.73 Å². The summed E-state index contributed by atoms with van der Waals surface area (Å²) in [5, 5.41) is 0. The van der Waals surface area contributed by atoms with Gasteiger partial charge in [0.05, 0.1) is 22.6 Å². The van der Waals surface area contributed by atoms with Gasteiger partial charge in [-0.15, -0.1) is 0 Å². The molecule has 0 aliphatic rings. The van der Waals surface area contributed by atoms with Gasteiger partial charge in [-0.25, -0.2) is 18.2 Å². The monoisotopic (exact) mass is 522 g/mol. The van der Waals surface area contributed by atoms with E-state index in [1.807, 2.05) is 49.6 Å². The van der Waals surface area contributed by atoms with E-state index in [0.717, 1.165) is 28.2 Å². The highest BCUT2D eigenvalue weighted by Gasteiger charge is 2.34. The third-order valence-electron chi connectivity index (χ3n) is 6.97. The molecule has 2 unspecified atom stereocenters. The number of nitrogens with two attached hydrogens (primary N) is 1. The van der Waals surface area contributed by atoms with Crippen molar-refractivity contribution in [2.75, 3.05) is 13.1 Å². The van der Waals surface area contributed by atoms with Crippen molar-refractivity contribution in [3.8, 4) is 0 Å².